The number of nitrogens with zero attached hydrogens (tertiary/aromatic N) is 1. The molecule has 0 spiro atoms. The molecule has 0 bridgehead atoms. The van der Waals surface area contributed by atoms with Crippen molar-refractivity contribution in [2.24, 2.45) is 0 Å². The molecular formula is C16H16FNO. The van der Waals surface area contributed by atoms with Gasteiger partial charge in [0.2, 0.25) is 0 Å². The van der Waals surface area contributed by atoms with E-state index in [0.717, 1.165) is 23.2 Å². The van der Waals surface area contributed by atoms with Crippen LogP contribution >= 0.6 is 0 Å². The second-order valence-electron chi connectivity index (χ2n) is 4.40. The molecule has 0 fully saturated rings. The van der Waals surface area contributed by atoms with Crippen molar-refractivity contribution >= 4 is 17.7 Å². The molecular weight excluding hydrogens is 241 g/mol. The lowest BCUT2D eigenvalue weighted by atomic mass is 10.1. The summed E-state index contributed by atoms with van der Waals surface area (Å²) in [7, 11) is 0. The number of aldehydes is 1. The highest BCUT2D eigenvalue weighted by molar-refractivity contribution is 5.87. The fourth-order valence-electron chi connectivity index (χ4n) is 2.15. The lowest BCUT2D eigenvalue weighted by molar-refractivity contribution is 0.112. The highest BCUT2D eigenvalue weighted by Crippen LogP contribution is 2.28. The summed E-state index contributed by atoms with van der Waals surface area (Å²) in [4.78, 5) is 13.1. The van der Waals surface area contributed by atoms with Crippen molar-refractivity contribution in [2.75, 3.05) is 11.4 Å². The number of hydrogen-bond acceptors (Lipinski definition) is 2. The number of carbonyl (C=O) groups excluding carboxylic acids is 1. The van der Waals surface area contributed by atoms with Gasteiger partial charge in [-0.3, -0.25) is 4.79 Å². The number of hydrogen-bond donors (Lipinski definition) is 0. The molecule has 0 atom stereocenters. The molecule has 2 nitrogen and oxygen atoms in total. The second-order valence-corrected chi connectivity index (χ2v) is 4.40. The number of benzene rings is 2. The highest BCUT2D eigenvalue weighted by atomic mass is 19.1. The van der Waals surface area contributed by atoms with Gasteiger partial charge in [0.25, 0.3) is 0 Å². The van der Waals surface area contributed by atoms with Crippen LogP contribution in [0.4, 0.5) is 15.8 Å². The van der Waals surface area contributed by atoms with Gasteiger partial charge in [0.15, 0.2) is 6.29 Å². The molecule has 0 saturated carbocycles. The largest absolute Gasteiger partial charge is 0.341 e. The molecule has 2 aromatic rings. The first-order valence-corrected chi connectivity index (χ1v) is 6.24. The van der Waals surface area contributed by atoms with E-state index >= 15 is 0 Å². The van der Waals surface area contributed by atoms with Crippen LogP contribution in [-0.4, -0.2) is 12.8 Å². The number of halogens is 1. The summed E-state index contributed by atoms with van der Waals surface area (Å²) in [6.45, 7) is 4.57. The van der Waals surface area contributed by atoms with Crippen LogP contribution in [0.3, 0.4) is 0 Å². The van der Waals surface area contributed by atoms with Gasteiger partial charge in [-0.15, -0.1) is 0 Å². The van der Waals surface area contributed by atoms with E-state index in [1.54, 1.807) is 6.07 Å². The smallest absolute Gasteiger partial charge is 0.152 e. The lowest BCUT2D eigenvalue weighted by Gasteiger charge is -2.25. The predicted octanol–water partition coefficient (Wildman–Crippen LogP) is 4.10. The Kier molecular flexibility index (Phi) is 3.95. The molecule has 0 unspecified atom stereocenters. The van der Waals surface area contributed by atoms with E-state index in [4.69, 9.17) is 0 Å². The molecule has 0 aromatic heterocycles. The summed E-state index contributed by atoms with van der Waals surface area (Å²) < 4.78 is 13.3. The Hall–Kier alpha value is -2.16. The van der Waals surface area contributed by atoms with Gasteiger partial charge in [0.05, 0.1) is 5.69 Å². The fraction of sp³-hybridized carbons (Fsp3) is 0.188. The van der Waals surface area contributed by atoms with Crippen LogP contribution in [0.25, 0.3) is 0 Å². The average Bonchev–Trinajstić information content (AvgIpc) is 2.41. The van der Waals surface area contributed by atoms with E-state index < -0.39 is 0 Å². The van der Waals surface area contributed by atoms with Crippen molar-refractivity contribution in [3.8, 4) is 0 Å². The van der Waals surface area contributed by atoms with Crippen molar-refractivity contribution in [2.45, 2.75) is 13.8 Å². The monoisotopic (exact) mass is 257 g/mol. The molecule has 3 heteroatoms. The molecule has 2 aromatic carbocycles. The third-order valence-corrected chi connectivity index (χ3v) is 3.04. The Morgan fingerprint density at radius 2 is 2.00 bits per heavy atom. The Balaban J connectivity index is 2.50. The van der Waals surface area contributed by atoms with Crippen molar-refractivity contribution in [1.29, 1.82) is 0 Å². The molecule has 0 aliphatic rings. The molecule has 2 rings (SSSR count). The van der Waals surface area contributed by atoms with Crippen molar-refractivity contribution in [3.05, 3.63) is 59.4 Å². The highest BCUT2D eigenvalue weighted by Gasteiger charge is 2.12. The average molecular weight is 257 g/mol. The molecule has 0 aliphatic carbocycles. The maximum atomic E-state index is 13.3. The van der Waals surface area contributed by atoms with E-state index in [1.807, 2.05) is 43.0 Å². The van der Waals surface area contributed by atoms with Crippen LogP contribution in [0.5, 0.6) is 0 Å². The number of rotatable bonds is 4. The summed E-state index contributed by atoms with van der Waals surface area (Å²) in [6.07, 6.45) is 0.838. The van der Waals surface area contributed by atoms with Crippen LogP contribution < -0.4 is 4.90 Å². The molecule has 0 N–H and O–H groups in total. The van der Waals surface area contributed by atoms with Crippen LogP contribution in [0.1, 0.15) is 22.8 Å². The van der Waals surface area contributed by atoms with Crippen LogP contribution in [-0.2, 0) is 0 Å². The molecule has 0 amide bonds. The summed E-state index contributed by atoms with van der Waals surface area (Å²) in [6, 6.07) is 12.1. The number of aryl methyl sites for hydroxylation is 1. The summed E-state index contributed by atoms with van der Waals surface area (Å²) in [5.74, 6) is -0.282. The van der Waals surface area contributed by atoms with Gasteiger partial charge in [0.1, 0.15) is 5.82 Å². The summed E-state index contributed by atoms with van der Waals surface area (Å²) >= 11 is 0. The molecule has 19 heavy (non-hydrogen) atoms. The third kappa shape index (κ3) is 2.81. The van der Waals surface area contributed by atoms with Gasteiger partial charge in [-0.25, -0.2) is 4.39 Å². The van der Waals surface area contributed by atoms with Gasteiger partial charge < -0.3 is 4.90 Å². The lowest BCUT2D eigenvalue weighted by Crippen LogP contribution is -2.17. The standard InChI is InChI=1S/C16H16FNO/c1-3-18(15-6-4-5-14(17)10-15)16-8-7-12(2)9-13(16)11-19/h4-11H,3H2,1-2H3. The van der Waals surface area contributed by atoms with Crippen LogP contribution in [0.15, 0.2) is 42.5 Å². The Labute approximate surface area is 112 Å². The van der Waals surface area contributed by atoms with E-state index in [-0.39, 0.29) is 5.82 Å². The number of anilines is 2. The first-order chi connectivity index (χ1) is 9.15. The van der Waals surface area contributed by atoms with Crippen LogP contribution in [0, 0.1) is 12.7 Å². The third-order valence-electron chi connectivity index (χ3n) is 3.04. The first-order valence-electron chi connectivity index (χ1n) is 6.24. The molecule has 0 radical (unpaired) electrons. The van der Waals surface area contributed by atoms with E-state index in [2.05, 4.69) is 0 Å². The first kappa shape index (κ1) is 13.3. The van der Waals surface area contributed by atoms with Crippen molar-refractivity contribution < 1.29 is 9.18 Å². The van der Waals surface area contributed by atoms with E-state index in [9.17, 15) is 9.18 Å². The molecule has 0 aliphatic heterocycles. The second kappa shape index (κ2) is 5.65. The van der Waals surface area contributed by atoms with Gasteiger partial charge in [0, 0.05) is 17.8 Å². The maximum absolute atomic E-state index is 13.3. The van der Waals surface area contributed by atoms with E-state index in [0.29, 0.717) is 12.1 Å². The van der Waals surface area contributed by atoms with Gasteiger partial charge in [-0.2, -0.15) is 0 Å². The molecule has 0 heterocycles. The summed E-state index contributed by atoms with van der Waals surface area (Å²) in [5, 5.41) is 0. The zero-order valence-electron chi connectivity index (χ0n) is 11.1. The Morgan fingerprint density at radius 3 is 2.63 bits per heavy atom. The quantitative estimate of drug-likeness (QED) is 0.768. The van der Waals surface area contributed by atoms with Gasteiger partial charge in [-0.05, 0) is 44.2 Å². The van der Waals surface area contributed by atoms with Crippen LogP contribution in [0.2, 0.25) is 0 Å². The minimum absolute atomic E-state index is 0.282. The zero-order valence-corrected chi connectivity index (χ0v) is 11.1. The molecule has 98 valence electrons. The van der Waals surface area contributed by atoms with Gasteiger partial charge in [-0.1, -0.05) is 17.7 Å². The summed E-state index contributed by atoms with van der Waals surface area (Å²) in [5.41, 5.74) is 3.19. The van der Waals surface area contributed by atoms with Crippen molar-refractivity contribution in [3.63, 3.8) is 0 Å². The Morgan fingerprint density at radius 1 is 1.21 bits per heavy atom. The number of carbonyl (C=O) groups is 1. The van der Waals surface area contributed by atoms with Gasteiger partial charge >= 0.3 is 0 Å². The normalized spacial score (nSPS) is 10.3. The van der Waals surface area contributed by atoms with Crippen molar-refractivity contribution in [1.82, 2.24) is 0 Å². The predicted molar refractivity (Wildman–Crippen MR) is 75.6 cm³/mol. The molecule has 0 saturated heterocycles. The minimum atomic E-state index is -0.282. The topological polar surface area (TPSA) is 20.3 Å². The SMILES string of the molecule is CCN(c1cccc(F)c1)c1ccc(C)cc1C=O. The van der Waals surface area contributed by atoms with E-state index in [1.165, 1.54) is 12.1 Å². The minimum Gasteiger partial charge on any atom is -0.341 e. The maximum Gasteiger partial charge on any atom is 0.152 e. The Bertz CT molecular complexity index is 595. The zero-order chi connectivity index (χ0) is 13.8. The fourth-order valence-corrected chi connectivity index (χ4v) is 2.15.